The number of carbonyl (C=O) groups is 2. The van der Waals surface area contributed by atoms with Crippen LogP contribution < -0.4 is 5.32 Å². The topological polar surface area (TPSA) is 73.9 Å². The fourth-order valence-electron chi connectivity index (χ4n) is 4.63. The summed E-state index contributed by atoms with van der Waals surface area (Å²) in [6.07, 6.45) is -0.556. The number of carbonyl (C=O) groups excluding carboxylic acids is 2. The van der Waals surface area contributed by atoms with Gasteiger partial charge in [0.1, 0.15) is 5.60 Å². The maximum absolute atomic E-state index is 12.6. The highest BCUT2D eigenvalue weighted by Crippen LogP contribution is 2.42. The molecule has 0 saturated carbocycles. The van der Waals surface area contributed by atoms with Gasteiger partial charge >= 0.3 is 12.1 Å². The lowest BCUT2D eigenvalue weighted by molar-refractivity contribution is -0.144. The molecule has 0 radical (unpaired) electrons. The molecular weight excluding hydrogens is 434 g/mol. The van der Waals surface area contributed by atoms with Crippen molar-refractivity contribution in [2.75, 3.05) is 13.2 Å². The van der Waals surface area contributed by atoms with E-state index in [9.17, 15) is 9.59 Å². The van der Waals surface area contributed by atoms with Crippen LogP contribution in [0, 0.1) is 0 Å². The van der Waals surface area contributed by atoms with E-state index in [1.54, 1.807) is 27.7 Å². The Labute approximate surface area is 201 Å². The van der Waals surface area contributed by atoms with Gasteiger partial charge in [0, 0.05) is 6.54 Å². The second-order valence-corrected chi connectivity index (χ2v) is 16.0. The van der Waals surface area contributed by atoms with Crippen LogP contribution in [0.2, 0.25) is 16.6 Å². The van der Waals surface area contributed by atoms with E-state index in [0.717, 1.165) is 11.1 Å². The van der Waals surface area contributed by atoms with E-state index in [2.05, 4.69) is 46.9 Å². The number of benzene rings is 1. The van der Waals surface area contributed by atoms with E-state index in [0.29, 0.717) is 23.2 Å². The number of esters is 1. The number of ether oxygens (including phenoxy) is 2. The van der Waals surface area contributed by atoms with Gasteiger partial charge in [-0.15, -0.1) is 0 Å². The van der Waals surface area contributed by atoms with Crippen LogP contribution in [-0.4, -0.2) is 39.1 Å². The standard InChI is InChI=1S/C26H45NO5Si/c1-11-30-24(28)23(16-27-25(29)32-26(8,9)10)22-14-12-21(13-15-22)17-31-33(18(2)3,19(4)5)20(6)7/h12-15,18-20,23H,11,16-17H2,1-10H3,(H,27,29). The first kappa shape index (κ1) is 29.2. The van der Waals surface area contributed by atoms with Crippen LogP contribution in [0.3, 0.4) is 0 Å². The summed E-state index contributed by atoms with van der Waals surface area (Å²) in [5.41, 5.74) is 2.80. The highest BCUT2D eigenvalue weighted by Gasteiger charge is 2.44. The zero-order chi connectivity index (χ0) is 25.4. The highest BCUT2D eigenvalue weighted by molar-refractivity contribution is 6.77. The molecule has 1 aromatic carbocycles. The van der Waals surface area contributed by atoms with Crippen LogP contribution in [0.4, 0.5) is 4.79 Å². The van der Waals surface area contributed by atoms with Crippen LogP contribution in [0.1, 0.15) is 86.3 Å². The fourth-order valence-corrected chi connectivity index (χ4v) is 10.1. The molecule has 7 heteroatoms. The Kier molecular flexibility index (Phi) is 11.1. The van der Waals surface area contributed by atoms with Gasteiger partial charge in [-0.25, -0.2) is 4.79 Å². The van der Waals surface area contributed by atoms with Gasteiger partial charge in [0.05, 0.1) is 19.1 Å². The Balaban J connectivity index is 2.98. The molecule has 1 aromatic rings. The molecule has 0 saturated heterocycles. The van der Waals surface area contributed by atoms with Gasteiger partial charge in [-0.05, 0) is 55.4 Å². The summed E-state index contributed by atoms with van der Waals surface area (Å²) in [5.74, 6) is -0.980. The zero-order valence-corrected chi connectivity index (χ0v) is 23.3. The van der Waals surface area contributed by atoms with Crippen molar-refractivity contribution in [1.29, 1.82) is 0 Å². The van der Waals surface area contributed by atoms with Crippen molar-refractivity contribution in [3.63, 3.8) is 0 Å². The smallest absolute Gasteiger partial charge is 0.407 e. The van der Waals surface area contributed by atoms with Gasteiger partial charge in [-0.3, -0.25) is 4.79 Å². The average Bonchev–Trinajstić information content (AvgIpc) is 2.67. The molecule has 1 rings (SSSR count). The van der Waals surface area contributed by atoms with Crippen LogP contribution >= 0.6 is 0 Å². The fraction of sp³-hybridized carbons (Fsp3) is 0.692. The molecule has 1 N–H and O–H groups in total. The van der Waals surface area contributed by atoms with Gasteiger partial charge in [0.2, 0.25) is 8.32 Å². The molecule has 0 fully saturated rings. The minimum absolute atomic E-state index is 0.105. The Morgan fingerprint density at radius 1 is 0.939 bits per heavy atom. The zero-order valence-electron chi connectivity index (χ0n) is 22.3. The predicted molar refractivity (Wildman–Crippen MR) is 136 cm³/mol. The molecule has 0 aliphatic rings. The Hall–Kier alpha value is -1.86. The SMILES string of the molecule is CCOC(=O)C(CNC(=O)OC(C)(C)C)c1ccc(CO[Si](C(C)C)(C(C)C)C(C)C)cc1. The summed E-state index contributed by atoms with van der Waals surface area (Å²) >= 11 is 0. The maximum Gasteiger partial charge on any atom is 0.407 e. The number of alkyl carbamates (subject to hydrolysis) is 1. The summed E-state index contributed by atoms with van der Waals surface area (Å²) < 4.78 is 17.2. The second kappa shape index (κ2) is 12.6. The van der Waals surface area contributed by atoms with E-state index in [1.165, 1.54) is 0 Å². The van der Waals surface area contributed by atoms with Crippen molar-refractivity contribution in [3.8, 4) is 0 Å². The third-order valence-corrected chi connectivity index (χ3v) is 12.1. The van der Waals surface area contributed by atoms with Gasteiger partial charge in [-0.1, -0.05) is 65.8 Å². The lowest BCUT2D eigenvalue weighted by Crippen LogP contribution is -2.47. The average molecular weight is 480 g/mol. The van der Waals surface area contributed by atoms with Crippen molar-refractivity contribution in [2.24, 2.45) is 0 Å². The molecule has 0 aromatic heterocycles. The molecule has 6 nitrogen and oxygen atoms in total. The Morgan fingerprint density at radius 2 is 1.45 bits per heavy atom. The lowest BCUT2D eigenvalue weighted by atomic mass is 9.98. The van der Waals surface area contributed by atoms with Crippen molar-refractivity contribution < 1.29 is 23.5 Å². The van der Waals surface area contributed by atoms with E-state index < -0.39 is 25.9 Å². The summed E-state index contributed by atoms with van der Waals surface area (Å²) in [7, 11) is -1.95. The molecule has 0 aliphatic carbocycles. The Morgan fingerprint density at radius 3 is 1.88 bits per heavy atom. The van der Waals surface area contributed by atoms with Crippen LogP contribution in [0.5, 0.6) is 0 Å². The van der Waals surface area contributed by atoms with Crippen molar-refractivity contribution in [3.05, 3.63) is 35.4 Å². The molecular formula is C26H45NO5Si. The van der Waals surface area contributed by atoms with E-state index in [-0.39, 0.29) is 19.1 Å². The van der Waals surface area contributed by atoms with E-state index in [1.807, 2.05) is 24.3 Å². The number of hydrogen-bond donors (Lipinski definition) is 1. The number of amides is 1. The molecule has 0 bridgehead atoms. The van der Waals surface area contributed by atoms with Crippen molar-refractivity contribution >= 4 is 20.4 Å². The van der Waals surface area contributed by atoms with Gasteiger partial charge in [-0.2, -0.15) is 0 Å². The highest BCUT2D eigenvalue weighted by atomic mass is 28.4. The molecule has 1 atom stereocenters. The molecule has 1 amide bonds. The van der Waals surface area contributed by atoms with Crippen molar-refractivity contribution in [1.82, 2.24) is 5.32 Å². The maximum atomic E-state index is 12.6. The molecule has 1 unspecified atom stereocenters. The van der Waals surface area contributed by atoms with Crippen LogP contribution in [0.25, 0.3) is 0 Å². The first-order valence-electron chi connectivity index (χ1n) is 12.1. The molecule has 188 valence electrons. The summed E-state index contributed by atoms with van der Waals surface area (Å²) in [4.78, 5) is 24.6. The van der Waals surface area contributed by atoms with E-state index >= 15 is 0 Å². The molecule has 33 heavy (non-hydrogen) atoms. The first-order valence-corrected chi connectivity index (χ1v) is 14.2. The van der Waals surface area contributed by atoms with Crippen LogP contribution in [-0.2, 0) is 25.3 Å². The van der Waals surface area contributed by atoms with Gasteiger partial charge < -0.3 is 19.2 Å². The molecule has 0 spiro atoms. The first-order chi connectivity index (χ1) is 15.2. The van der Waals surface area contributed by atoms with Gasteiger partial charge in [0.25, 0.3) is 0 Å². The third-order valence-electron chi connectivity index (χ3n) is 6.00. The minimum Gasteiger partial charge on any atom is -0.465 e. The number of hydrogen-bond acceptors (Lipinski definition) is 5. The van der Waals surface area contributed by atoms with Gasteiger partial charge in [0.15, 0.2) is 0 Å². The summed E-state index contributed by atoms with van der Waals surface area (Å²) in [6.45, 7) is 21.7. The number of rotatable bonds is 11. The van der Waals surface area contributed by atoms with E-state index in [4.69, 9.17) is 13.9 Å². The summed E-state index contributed by atoms with van der Waals surface area (Å²) in [5, 5.41) is 2.69. The monoisotopic (exact) mass is 479 g/mol. The second-order valence-electron chi connectivity index (χ2n) is 10.5. The van der Waals surface area contributed by atoms with Crippen LogP contribution in [0.15, 0.2) is 24.3 Å². The normalized spacial score (nSPS) is 13.4. The summed E-state index contributed by atoms with van der Waals surface area (Å²) in [6, 6.07) is 7.82. The lowest BCUT2D eigenvalue weighted by Gasteiger charge is -2.42. The largest absolute Gasteiger partial charge is 0.465 e. The Bertz CT molecular complexity index is 731. The molecule has 0 aliphatic heterocycles. The third kappa shape index (κ3) is 8.45. The number of nitrogens with one attached hydrogen (secondary N) is 1. The molecule has 0 heterocycles. The minimum atomic E-state index is -1.95. The van der Waals surface area contributed by atoms with Crippen molar-refractivity contribution in [2.45, 2.75) is 104 Å². The predicted octanol–water partition coefficient (Wildman–Crippen LogP) is 6.55. The quantitative estimate of drug-likeness (QED) is 0.288.